The van der Waals surface area contributed by atoms with Gasteiger partial charge in [-0.15, -0.1) is 0 Å². The smallest absolute Gasteiger partial charge is 0.188 e. The molecule has 0 radical (unpaired) electrons. The molecule has 1 aliphatic rings. The third-order valence-electron chi connectivity index (χ3n) is 3.95. The first-order valence-corrected chi connectivity index (χ1v) is 8.38. The van der Waals surface area contributed by atoms with E-state index in [2.05, 4.69) is 36.0 Å². The Morgan fingerprint density at radius 1 is 1.20 bits per heavy atom. The van der Waals surface area contributed by atoms with Crippen LogP contribution >= 0.6 is 0 Å². The number of aliphatic imine (C=N–C) groups is 1. The van der Waals surface area contributed by atoms with E-state index >= 15 is 0 Å². The van der Waals surface area contributed by atoms with Crippen LogP contribution in [0.1, 0.15) is 52.9 Å². The molecule has 0 amide bonds. The largest absolute Gasteiger partial charge is 0.370 e. The maximum atomic E-state index is 5.80. The maximum Gasteiger partial charge on any atom is 0.188 e. The van der Waals surface area contributed by atoms with Crippen LogP contribution in [0.15, 0.2) is 4.99 Å². The summed E-state index contributed by atoms with van der Waals surface area (Å²) in [6.07, 6.45) is 6.09. The number of hydrogen-bond acceptors (Lipinski definition) is 2. The van der Waals surface area contributed by atoms with Crippen molar-refractivity contribution in [2.24, 2.45) is 22.6 Å². The SMILES string of the molecule is CCCCNC(N)=NCCCCN1CC(C)CC(C)C1. The molecule has 0 spiro atoms. The first kappa shape index (κ1) is 17.3. The van der Waals surface area contributed by atoms with E-state index in [0.29, 0.717) is 5.96 Å². The topological polar surface area (TPSA) is 53.6 Å². The number of unbranched alkanes of at least 4 members (excludes halogenated alkanes) is 2. The second-order valence-electron chi connectivity index (χ2n) is 6.46. The highest BCUT2D eigenvalue weighted by Crippen LogP contribution is 2.20. The molecule has 0 bridgehead atoms. The van der Waals surface area contributed by atoms with Gasteiger partial charge in [0.1, 0.15) is 0 Å². The van der Waals surface area contributed by atoms with Gasteiger partial charge in [-0.3, -0.25) is 4.99 Å². The molecule has 0 saturated carbocycles. The lowest BCUT2D eigenvalue weighted by atomic mass is 9.92. The Bertz CT molecular complexity index is 268. The van der Waals surface area contributed by atoms with Crippen LogP contribution < -0.4 is 11.1 Å². The number of likely N-dealkylation sites (tertiary alicyclic amines) is 1. The fourth-order valence-corrected chi connectivity index (χ4v) is 3.07. The predicted molar refractivity (Wildman–Crippen MR) is 88.0 cm³/mol. The quantitative estimate of drug-likeness (QED) is 0.408. The summed E-state index contributed by atoms with van der Waals surface area (Å²) in [5.74, 6) is 2.32. The Labute approximate surface area is 125 Å². The first-order chi connectivity index (χ1) is 9.61. The Kier molecular flexibility index (Phi) is 8.67. The number of piperidine rings is 1. The molecule has 0 aromatic heterocycles. The molecule has 4 heteroatoms. The third-order valence-corrected chi connectivity index (χ3v) is 3.95. The lowest BCUT2D eigenvalue weighted by Crippen LogP contribution is -2.39. The van der Waals surface area contributed by atoms with Gasteiger partial charge in [-0.25, -0.2) is 0 Å². The van der Waals surface area contributed by atoms with Crippen molar-refractivity contribution in [2.75, 3.05) is 32.7 Å². The summed E-state index contributed by atoms with van der Waals surface area (Å²) in [4.78, 5) is 6.99. The number of guanidine groups is 1. The predicted octanol–water partition coefficient (Wildman–Crippen LogP) is 2.45. The van der Waals surface area contributed by atoms with Crippen molar-refractivity contribution in [1.82, 2.24) is 10.2 Å². The fourth-order valence-electron chi connectivity index (χ4n) is 3.07. The van der Waals surface area contributed by atoms with Crippen LogP contribution in [0.25, 0.3) is 0 Å². The van der Waals surface area contributed by atoms with Crippen molar-refractivity contribution in [2.45, 2.75) is 52.9 Å². The number of nitrogens with one attached hydrogen (secondary N) is 1. The molecular formula is C16H34N4. The van der Waals surface area contributed by atoms with Crippen LogP contribution in [-0.4, -0.2) is 43.6 Å². The van der Waals surface area contributed by atoms with Crippen molar-refractivity contribution in [3.05, 3.63) is 0 Å². The summed E-state index contributed by atoms with van der Waals surface area (Å²) in [6.45, 7) is 12.5. The van der Waals surface area contributed by atoms with E-state index < -0.39 is 0 Å². The highest BCUT2D eigenvalue weighted by Gasteiger charge is 2.20. The van der Waals surface area contributed by atoms with Crippen LogP contribution in [0, 0.1) is 11.8 Å². The minimum atomic E-state index is 0.610. The van der Waals surface area contributed by atoms with Crippen LogP contribution in [0.3, 0.4) is 0 Å². The van der Waals surface area contributed by atoms with Gasteiger partial charge in [0.05, 0.1) is 0 Å². The second-order valence-corrected chi connectivity index (χ2v) is 6.46. The van der Waals surface area contributed by atoms with Gasteiger partial charge in [0, 0.05) is 26.2 Å². The average Bonchev–Trinajstić information content (AvgIpc) is 2.37. The maximum absolute atomic E-state index is 5.80. The minimum Gasteiger partial charge on any atom is -0.370 e. The van der Waals surface area contributed by atoms with Crippen LogP contribution in [0.2, 0.25) is 0 Å². The van der Waals surface area contributed by atoms with Crippen LogP contribution in [0.4, 0.5) is 0 Å². The van der Waals surface area contributed by atoms with E-state index in [4.69, 9.17) is 5.73 Å². The average molecular weight is 282 g/mol. The van der Waals surface area contributed by atoms with Gasteiger partial charge in [-0.1, -0.05) is 27.2 Å². The highest BCUT2D eigenvalue weighted by molar-refractivity contribution is 5.77. The molecule has 20 heavy (non-hydrogen) atoms. The van der Waals surface area contributed by atoms with E-state index in [1.807, 2.05) is 0 Å². The zero-order valence-electron chi connectivity index (χ0n) is 13.7. The zero-order chi connectivity index (χ0) is 14.8. The molecule has 1 saturated heterocycles. The number of nitrogens with zero attached hydrogens (tertiary/aromatic N) is 2. The number of hydrogen-bond donors (Lipinski definition) is 2. The normalized spacial score (nSPS) is 24.9. The van der Waals surface area contributed by atoms with Gasteiger partial charge in [-0.05, 0) is 44.1 Å². The molecule has 2 unspecified atom stereocenters. The van der Waals surface area contributed by atoms with Crippen molar-refractivity contribution < 1.29 is 0 Å². The van der Waals surface area contributed by atoms with Crippen LogP contribution in [0.5, 0.6) is 0 Å². The van der Waals surface area contributed by atoms with Gasteiger partial charge < -0.3 is 16.0 Å². The molecule has 0 aliphatic carbocycles. The molecular weight excluding hydrogens is 248 g/mol. The highest BCUT2D eigenvalue weighted by atomic mass is 15.1. The molecule has 2 atom stereocenters. The Balaban J connectivity index is 2.05. The lowest BCUT2D eigenvalue weighted by Gasteiger charge is -2.34. The molecule has 1 rings (SSSR count). The minimum absolute atomic E-state index is 0.610. The summed E-state index contributed by atoms with van der Waals surface area (Å²) in [5, 5.41) is 3.15. The summed E-state index contributed by atoms with van der Waals surface area (Å²) in [6, 6.07) is 0. The monoisotopic (exact) mass is 282 g/mol. The summed E-state index contributed by atoms with van der Waals surface area (Å²) >= 11 is 0. The summed E-state index contributed by atoms with van der Waals surface area (Å²) in [7, 11) is 0. The molecule has 1 heterocycles. The van der Waals surface area contributed by atoms with Gasteiger partial charge in [0.15, 0.2) is 5.96 Å². The third kappa shape index (κ3) is 7.73. The molecule has 0 aromatic carbocycles. The van der Waals surface area contributed by atoms with Gasteiger partial charge >= 0.3 is 0 Å². The van der Waals surface area contributed by atoms with E-state index in [1.54, 1.807) is 0 Å². The number of nitrogens with two attached hydrogens (primary N) is 1. The van der Waals surface area contributed by atoms with Crippen molar-refractivity contribution in [3.8, 4) is 0 Å². The van der Waals surface area contributed by atoms with E-state index in [9.17, 15) is 0 Å². The Hall–Kier alpha value is -0.770. The zero-order valence-corrected chi connectivity index (χ0v) is 13.7. The fraction of sp³-hybridized carbons (Fsp3) is 0.938. The molecule has 0 aromatic rings. The Morgan fingerprint density at radius 2 is 1.90 bits per heavy atom. The van der Waals surface area contributed by atoms with Gasteiger partial charge in [0.25, 0.3) is 0 Å². The molecule has 1 fully saturated rings. The molecule has 1 aliphatic heterocycles. The molecule has 3 N–H and O–H groups in total. The Morgan fingerprint density at radius 3 is 2.55 bits per heavy atom. The van der Waals surface area contributed by atoms with E-state index in [1.165, 1.54) is 38.9 Å². The van der Waals surface area contributed by atoms with Gasteiger partial charge in [-0.2, -0.15) is 0 Å². The van der Waals surface area contributed by atoms with Gasteiger partial charge in [0.2, 0.25) is 0 Å². The number of rotatable bonds is 8. The van der Waals surface area contributed by atoms with Crippen LogP contribution in [-0.2, 0) is 0 Å². The van der Waals surface area contributed by atoms with Crippen molar-refractivity contribution >= 4 is 5.96 Å². The first-order valence-electron chi connectivity index (χ1n) is 8.38. The summed E-state index contributed by atoms with van der Waals surface area (Å²) < 4.78 is 0. The molecule has 4 nitrogen and oxygen atoms in total. The van der Waals surface area contributed by atoms with E-state index in [0.717, 1.165) is 37.8 Å². The lowest BCUT2D eigenvalue weighted by molar-refractivity contribution is 0.139. The second kappa shape index (κ2) is 10.0. The standard InChI is InChI=1S/C16H34N4/c1-4-5-8-18-16(17)19-9-6-7-10-20-12-14(2)11-15(3)13-20/h14-15H,4-13H2,1-3H3,(H3,17,18,19). The molecule has 118 valence electrons. The van der Waals surface area contributed by atoms with E-state index in [-0.39, 0.29) is 0 Å². The van der Waals surface area contributed by atoms with Crippen molar-refractivity contribution in [3.63, 3.8) is 0 Å². The van der Waals surface area contributed by atoms with Crippen molar-refractivity contribution in [1.29, 1.82) is 0 Å². The summed E-state index contributed by atoms with van der Waals surface area (Å²) in [5.41, 5.74) is 5.80.